The predicted molar refractivity (Wildman–Crippen MR) is 88.2 cm³/mol. The summed E-state index contributed by atoms with van der Waals surface area (Å²) in [6.45, 7) is 5.07. The van der Waals surface area contributed by atoms with Gasteiger partial charge in [-0.25, -0.2) is 4.98 Å². The lowest BCUT2D eigenvalue weighted by atomic mass is 10.1. The maximum absolute atomic E-state index is 5.84. The molecule has 1 saturated carbocycles. The topological polar surface area (TPSA) is 37.4 Å². The number of rotatable bonds is 7. The van der Waals surface area contributed by atoms with Crippen LogP contribution in [0.25, 0.3) is 0 Å². The van der Waals surface area contributed by atoms with Gasteiger partial charge in [0.15, 0.2) is 5.13 Å². The van der Waals surface area contributed by atoms with Crippen molar-refractivity contribution in [3.63, 3.8) is 0 Å². The molecular formula is C16H27N3OS. The largest absolute Gasteiger partial charge is 0.376 e. The van der Waals surface area contributed by atoms with Gasteiger partial charge in [0, 0.05) is 37.7 Å². The van der Waals surface area contributed by atoms with Gasteiger partial charge in [0.1, 0.15) is 0 Å². The Morgan fingerprint density at radius 1 is 1.33 bits per heavy atom. The van der Waals surface area contributed by atoms with Crippen LogP contribution >= 0.6 is 11.3 Å². The number of ether oxygens (including phenoxy) is 1. The van der Waals surface area contributed by atoms with E-state index >= 15 is 0 Å². The Labute approximate surface area is 131 Å². The van der Waals surface area contributed by atoms with Crippen LogP contribution < -0.4 is 10.2 Å². The molecule has 5 heteroatoms. The van der Waals surface area contributed by atoms with Gasteiger partial charge in [-0.15, -0.1) is 11.3 Å². The maximum Gasteiger partial charge on any atom is 0.185 e. The van der Waals surface area contributed by atoms with Crippen LogP contribution in [-0.2, 0) is 17.7 Å². The first-order valence-corrected chi connectivity index (χ1v) is 9.12. The first-order chi connectivity index (χ1) is 10.3. The maximum atomic E-state index is 5.84. The average molecular weight is 309 g/mol. The second kappa shape index (κ2) is 7.07. The number of hydrogen-bond acceptors (Lipinski definition) is 5. The number of nitrogens with zero attached hydrogens (tertiary/aromatic N) is 2. The SMILES string of the molecule is CCc1nc(N(C)CC2CCCCO2)sc1CNC1CC1. The Morgan fingerprint density at radius 2 is 2.19 bits per heavy atom. The van der Waals surface area contributed by atoms with Crippen molar-refractivity contribution in [2.24, 2.45) is 0 Å². The summed E-state index contributed by atoms with van der Waals surface area (Å²) in [6, 6.07) is 0.758. The number of nitrogens with one attached hydrogen (secondary N) is 1. The van der Waals surface area contributed by atoms with Crippen molar-refractivity contribution in [2.75, 3.05) is 25.1 Å². The first kappa shape index (κ1) is 15.3. The lowest BCUT2D eigenvalue weighted by Gasteiger charge is -2.27. The zero-order valence-corrected chi connectivity index (χ0v) is 14.0. The van der Waals surface area contributed by atoms with Crippen LogP contribution in [0.15, 0.2) is 0 Å². The molecule has 0 amide bonds. The molecule has 118 valence electrons. The molecular weight excluding hydrogens is 282 g/mol. The fraction of sp³-hybridized carbons (Fsp3) is 0.812. The van der Waals surface area contributed by atoms with Gasteiger partial charge in [0.25, 0.3) is 0 Å². The van der Waals surface area contributed by atoms with Crippen molar-refractivity contribution in [3.05, 3.63) is 10.6 Å². The summed E-state index contributed by atoms with van der Waals surface area (Å²) >= 11 is 1.85. The molecule has 2 fully saturated rings. The Bertz CT molecular complexity index is 452. The molecule has 21 heavy (non-hydrogen) atoms. The quantitative estimate of drug-likeness (QED) is 0.840. The lowest BCUT2D eigenvalue weighted by molar-refractivity contribution is 0.0216. The van der Waals surface area contributed by atoms with E-state index in [1.807, 2.05) is 11.3 Å². The molecule has 1 N–H and O–H groups in total. The van der Waals surface area contributed by atoms with Crippen molar-refractivity contribution in [2.45, 2.75) is 64.1 Å². The highest BCUT2D eigenvalue weighted by Crippen LogP contribution is 2.28. The van der Waals surface area contributed by atoms with Gasteiger partial charge in [-0.2, -0.15) is 0 Å². The molecule has 0 radical (unpaired) electrons. The summed E-state index contributed by atoms with van der Waals surface area (Å²) < 4.78 is 5.84. The van der Waals surface area contributed by atoms with E-state index in [1.165, 1.54) is 42.7 Å². The van der Waals surface area contributed by atoms with Crippen LogP contribution in [0.1, 0.15) is 49.6 Å². The zero-order valence-electron chi connectivity index (χ0n) is 13.2. The molecule has 1 aliphatic heterocycles. The minimum atomic E-state index is 0.380. The molecule has 3 rings (SSSR count). The van der Waals surface area contributed by atoms with E-state index in [0.29, 0.717) is 6.10 Å². The monoisotopic (exact) mass is 309 g/mol. The van der Waals surface area contributed by atoms with Gasteiger partial charge in [0.05, 0.1) is 11.8 Å². The van der Waals surface area contributed by atoms with E-state index < -0.39 is 0 Å². The summed E-state index contributed by atoms with van der Waals surface area (Å²) in [6.07, 6.45) is 7.78. The highest BCUT2D eigenvalue weighted by Gasteiger charge is 2.22. The van der Waals surface area contributed by atoms with E-state index in [9.17, 15) is 0 Å². The summed E-state index contributed by atoms with van der Waals surface area (Å²) in [4.78, 5) is 8.53. The standard InChI is InChI=1S/C16H27N3OS/c1-3-14-15(10-17-12-7-8-12)21-16(18-14)19(2)11-13-6-4-5-9-20-13/h12-13,17H,3-11H2,1-2H3. The molecule has 0 aromatic carbocycles. The molecule has 1 aromatic rings. The van der Waals surface area contributed by atoms with E-state index in [1.54, 1.807) is 0 Å². The number of thiazole rings is 1. The van der Waals surface area contributed by atoms with E-state index in [2.05, 4.69) is 24.2 Å². The molecule has 1 atom stereocenters. The van der Waals surface area contributed by atoms with Crippen LogP contribution in [0.2, 0.25) is 0 Å². The number of anilines is 1. The minimum absolute atomic E-state index is 0.380. The molecule has 2 heterocycles. The summed E-state index contributed by atoms with van der Waals surface area (Å²) in [5.41, 5.74) is 1.26. The number of aryl methyl sites for hydroxylation is 1. The Balaban J connectivity index is 1.59. The van der Waals surface area contributed by atoms with E-state index in [-0.39, 0.29) is 0 Å². The predicted octanol–water partition coefficient (Wildman–Crippen LogP) is 2.96. The first-order valence-electron chi connectivity index (χ1n) is 8.31. The van der Waals surface area contributed by atoms with Crippen molar-refractivity contribution in [1.82, 2.24) is 10.3 Å². The van der Waals surface area contributed by atoms with Gasteiger partial charge in [-0.3, -0.25) is 0 Å². The van der Waals surface area contributed by atoms with Gasteiger partial charge < -0.3 is 15.0 Å². The molecule has 2 aliphatic rings. The number of aromatic nitrogens is 1. The molecule has 1 aromatic heterocycles. The van der Waals surface area contributed by atoms with Gasteiger partial charge in [-0.05, 0) is 38.5 Å². The smallest absolute Gasteiger partial charge is 0.185 e. The summed E-state index contributed by atoms with van der Waals surface area (Å²) in [7, 11) is 2.15. The summed E-state index contributed by atoms with van der Waals surface area (Å²) in [5.74, 6) is 0. The fourth-order valence-corrected chi connectivity index (χ4v) is 3.88. The van der Waals surface area contributed by atoms with E-state index in [4.69, 9.17) is 9.72 Å². The van der Waals surface area contributed by atoms with Gasteiger partial charge >= 0.3 is 0 Å². The second-order valence-electron chi connectivity index (χ2n) is 6.24. The zero-order chi connectivity index (χ0) is 14.7. The minimum Gasteiger partial charge on any atom is -0.376 e. The van der Waals surface area contributed by atoms with Crippen molar-refractivity contribution in [1.29, 1.82) is 0 Å². The number of likely N-dealkylation sites (N-methyl/N-ethyl adjacent to an activating group) is 1. The van der Waals surface area contributed by atoms with Crippen LogP contribution in [0.4, 0.5) is 5.13 Å². The summed E-state index contributed by atoms with van der Waals surface area (Å²) in [5, 5.41) is 4.76. The highest BCUT2D eigenvalue weighted by atomic mass is 32.1. The second-order valence-corrected chi connectivity index (χ2v) is 7.31. The lowest BCUT2D eigenvalue weighted by Crippen LogP contribution is -2.33. The fourth-order valence-electron chi connectivity index (χ4n) is 2.81. The molecule has 1 unspecified atom stereocenters. The average Bonchev–Trinajstić information content (AvgIpc) is 3.24. The van der Waals surface area contributed by atoms with Gasteiger partial charge in [0.2, 0.25) is 0 Å². The van der Waals surface area contributed by atoms with Crippen molar-refractivity contribution >= 4 is 16.5 Å². The Morgan fingerprint density at radius 3 is 2.86 bits per heavy atom. The molecule has 0 bridgehead atoms. The molecule has 1 saturated heterocycles. The van der Waals surface area contributed by atoms with Crippen LogP contribution in [0, 0.1) is 0 Å². The van der Waals surface area contributed by atoms with Crippen LogP contribution in [-0.4, -0.2) is 37.3 Å². The Kier molecular flexibility index (Phi) is 5.14. The molecule has 0 spiro atoms. The third-order valence-corrected chi connectivity index (χ3v) is 5.52. The normalized spacial score (nSPS) is 22.5. The van der Waals surface area contributed by atoms with Crippen molar-refractivity contribution in [3.8, 4) is 0 Å². The molecule has 4 nitrogen and oxygen atoms in total. The van der Waals surface area contributed by atoms with Crippen LogP contribution in [0.5, 0.6) is 0 Å². The number of hydrogen-bond donors (Lipinski definition) is 1. The van der Waals surface area contributed by atoms with Crippen LogP contribution in [0.3, 0.4) is 0 Å². The highest BCUT2D eigenvalue weighted by molar-refractivity contribution is 7.15. The molecule has 1 aliphatic carbocycles. The Hall–Kier alpha value is -0.650. The van der Waals surface area contributed by atoms with Gasteiger partial charge in [-0.1, -0.05) is 6.92 Å². The third kappa shape index (κ3) is 4.18. The van der Waals surface area contributed by atoms with E-state index in [0.717, 1.165) is 37.3 Å². The third-order valence-electron chi connectivity index (χ3n) is 4.31. The van der Waals surface area contributed by atoms with Crippen molar-refractivity contribution < 1.29 is 4.74 Å².